The van der Waals surface area contributed by atoms with E-state index in [4.69, 9.17) is 5.11 Å². The topological polar surface area (TPSA) is 102 Å². The van der Waals surface area contributed by atoms with Gasteiger partial charge < -0.3 is 10.0 Å². The van der Waals surface area contributed by atoms with Gasteiger partial charge in [0.15, 0.2) is 5.03 Å². The standard InChI is InChI=1S/C9H17N5O3S/c1-13-2-4-14(5-3-13)12-18(16,17)9-8(7-15)6-10-11-9/h6,12,15H,2-5,7H2,1H3,(H,10,11). The molecule has 1 fully saturated rings. The van der Waals surface area contributed by atoms with E-state index >= 15 is 0 Å². The van der Waals surface area contributed by atoms with Crippen LogP contribution in [0.2, 0.25) is 0 Å². The summed E-state index contributed by atoms with van der Waals surface area (Å²) >= 11 is 0. The monoisotopic (exact) mass is 275 g/mol. The van der Waals surface area contributed by atoms with Gasteiger partial charge in [-0.25, -0.2) is 13.4 Å². The molecule has 8 nitrogen and oxygen atoms in total. The van der Waals surface area contributed by atoms with Crippen LogP contribution in [0.25, 0.3) is 0 Å². The number of nitrogens with zero attached hydrogens (tertiary/aromatic N) is 3. The first-order valence-corrected chi connectivity index (χ1v) is 7.10. The van der Waals surface area contributed by atoms with E-state index in [9.17, 15) is 8.42 Å². The summed E-state index contributed by atoms with van der Waals surface area (Å²) in [5.41, 5.74) is 0.261. The zero-order valence-electron chi connectivity index (χ0n) is 10.1. The van der Waals surface area contributed by atoms with Gasteiger partial charge in [-0.1, -0.05) is 0 Å². The van der Waals surface area contributed by atoms with Crippen molar-refractivity contribution < 1.29 is 13.5 Å². The predicted molar refractivity (Wildman–Crippen MR) is 63.9 cm³/mol. The highest BCUT2D eigenvalue weighted by atomic mass is 32.2. The van der Waals surface area contributed by atoms with E-state index in [0.29, 0.717) is 13.1 Å². The van der Waals surface area contributed by atoms with Gasteiger partial charge in [-0.3, -0.25) is 5.10 Å². The Morgan fingerprint density at radius 3 is 2.72 bits per heavy atom. The maximum atomic E-state index is 12.1. The quantitative estimate of drug-likeness (QED) is 0.608. The van der Waals surface area contributed by atoms with Crippen molar-refractivity contribution in [1.29, 1.82) is 0 Å². The Bertz CT molecular complexity index is 492. The third-order valence-corrected chi connectivity index (χ3v) is 4.26. The molecular weight excluding hydrogens is 258 g/mol. The van der Waals surface area contributed by atoms with Crippen molar-refractivity contribution in [3.8, 4) is 0 Å². The lowest BCUT2D eigenvalue weighted by molar-refractivity contribution is 0.134. The second-order valence-electron chi connectivity index (χ2n) is 4.27. The van der Waals surface area contributed by atoms with Gasteiger partial charge >= 0.3 is 0 Å². The molecule has 9 heteroatoms. The van der Waals surface area contributed by atoms with Crippen molar-refractivity contribution >= 4 is 10.0 Å². The van der Waals surface area contributed by atoms with Gasteiger partial charge in [0.1, 0.15) is 0 Å². The van der Waals surface area contributed by atoms with Crippen LogP contribution in [0.5, 0.6) is 0 Å². The van der Waals surface area contributed by atoms with Crippen LogP contribution in [-0.2, 0) is 16.6 Å². The molecule has 0 aromatic carbocycles. The average Bonchev–Trinajstić information content (AvgIpc) is 2.81. The van der Waals surface area contributed by atoms with E-state index in [1.54, 1.807) is 5.01 Å². The number of hydrogen-bond acceptors (Lipinski definition) is 6. The summed E-state index contributed by atoms with van der Waals surface area (Å²) in [4.78, 5) is 4.61. The number of H-pyrrole nitrogens is 1. The molecule has 3 N–H and O–H groups in total. The number of aliphatic hydroxyl groups is 1. The molecule has 1 aliphatic heterocycles. The summed E-state index contributed by atoms with van der Waals surface area (Å²) < 4.78 is 24.1. The molecule has 2 heterocycles. The largest absolute Gasteiger partial charge is 0.392 e. The van der Waals surface area contributed by atoms with Gasteiger partial charge in [0.25, 0.3) is 10.0 Å². The first-order valence-electron chi connectivity index (χ1n) is 5.62. The Kier molecular flexibility index (Phi) is 3.97. The first-order chi connectivity index (χ1) is 8.53. The van der Waals surface area contributed by atoms with Gasteiger partial charge in [0, 0.05) is 31.7 Å². The number of rotatable bonds is 4. The summed E-state index contributed by atoms with van der Waals surface area (Å²) in [5, 5.41) is 16.6. The maximum Gasteiger partial charge on any atom is 0.270 e. The van der Waals surface area contributed by atoms with E-state index in [2.05, 4.69) is 19.9 Å². The molecule has 0 atom stereocenters. The molecule has 0 aliphatic carbocycles. The van der Waals surface area contributed by atoms with Gasteiger partial charge in [-0.15, -0.1) is 4.83 Å². The van der Waals surface area contributed by atoms with Crippen LogP contribution in [0, 0.1) is 0 Å². The summed E-state index contributed by atoms with van der Waals surface area (Å²) in [6, 6.07) is 0. The van der Waals surface area contributed by atoms with Crippen molar-refractivity contribution in [3.05, 3.63) is 11.8 Å². The molecule has 0 bridgehead atoms. The van der Waals surface area contributed by atoms with Crippen molar-refractivity contribution in [2.24, 2.45) is 0 Å². The molecule has 1 saturated heterocycles. The fourth-order valence-corrected chi connectivity index (χ4v) is 3.01. The zero-order valence-corrected chi connectivity index (χ0v) is 10.9. The summed E-state index contributed by atoms with van der Waals surface area (Å²) in [6.07, 6.45) is 1.30. The molecule has 0 amide bonds. The maximum absolute atomic E-state index is 12.1. The van der Waals surface area contributed by atoms with Crippen LogP contribution < -0.4 is 4.83 Å². The molecule has 0 saturated carbocycles. The van der Waals surface area contributed by atoms with Gasteiger partial charge in [0.2, 0.25) is 0 Å². The van der Waals surface area contributed by atoms with Crippen LogP contribution in [0.3, 0.4) is 0 Å². The van der Waals surface area contributed by atoms with Crippen LogP contribution in [-0.4, -0.2) is 66.9 Å². The number of aliphatic hydroxyl groups excluding tert-OH is 1. The van der Waals surface area contributed by atoms with E-state index in [-0.39, 0.29) is 17.2 Å². The van der Waals surface area contributed by atoms with E-state index in [1.807, 2.05) is 7.05 Å². The average molecular weight is 275 g/mol. The zero-order chi connectivity index (χ0) is 13.2. The predicted octanol–water partition coefficient (Wildman–Crippen LogP) is -1.66. The molecular formula is C9H17N5O3S. The third-order valence-electron chi connectivity index (χ3n) is 2.87. The Balaban J connectivity index is 2.08. The molecule has 1 aliphatic rings. The van der Waals surface area contributed by atoms with Crippen LogP contribution in [0.4, 0.5) is 0 Å². The minimum Gasteiger partial charge on any atom is -0.392 e. The summed E-state index contributed by atoms with van der Waals surface area (Å²) in [7, 11) is -1.71. The third kappa shape index (κ3) is 2.87. The second kappa shape index (κ2) is 5.33. The first kappa shape index (κ1) is 13.4. The highest BCUT2D eigenvalue weighted by molar-refractivity contribution is 7.89. The number of aromatic amines is 1. The summed E-state index contributed by atoms with van der Waals surface area (Å²) in [5.74, 6) is 0. The number of aromatic nitrogens is 2. The van der Waals surface area contributed by atoms with E-state index < -0.39 is 10.0 Å². The minimum atomic E-state index is -3.70. The fraction of sp³-hybridized carbons (Fsp3) is 0.667. The highest BCUT2D eigenvalue weighted by Gasteiger charge is 2.24. The molecule has 2 rings (SSSR count). The number of likely N-dealkylation sites (N-methyl/N-ethyl adjacent to an activating group) is 1. The van der Waals surface area contributed by atoms with Crippen molar-refractivity contribution in [2.45, 2.75) is 11.6 Å². The lowest BCUT2D eigenvalue weighted by Crippen LogP contribution is -2.52. The number of piperazine rings is 1. The van der Waals surface area contributed by atoms with Gasteiger partial charge in [-0.05, 0) is 7.05 Å². The van der Waals surface area contributed by atoms with Crippen molar-refractivity contribution in [2.75, 3.05) is 33.2 Å². The van der Waals surface area contributed by atoms with E-state index in [0.717, 1.165) is 13.1 Å². The van der Waals surface area contributed by atoms with E-state index in [1.165, 1.54) is 6.20 Å². The highest BCUT2D eigenvalue weighted by Crippen LogP contribution is 2.12. The SMILES string of the molecule is CN1CCN(NS(=O)(=O)c2[nH]ncc2CO)CC1. The molecule has 0 radical (unpaired) electrons. The lowest BCUT2D eigenvalue weighted by Gasteiger charge is -2.31. The molecule has 1 aromatic heterocycles. The number of hydrogen-bond donors (Lipinski definition) is 3. The van der Waals surface area contributed by atoms with Gasteiger partial charge in [-0.2, -0.15) is 5.10 Å². The van der Waals surface area contributed by atoms with Crippen LogP contribution >= 0.6 is 0 Å². The normalized spacial score (nSPS) is 19.2. The second-order valence-corrected chi connectivity index (χ2v) is 5.87. The van der Waals surface area contributed by atoms with Crippen molar-refractivity contribution in [3.63, 3.8) is 0 Å². The Morgan fingerprint density at radius 1 is 1.44 bits per heavy atom. The van der Waals surface area contributed by atoms with Crippen LogP contribution in [0.15, 0.2) is 11.2 Å². The molecule has 102 valence electrons. The molecule has 0 unspecified atom stereocenters. The Morgan fingerprint density at radius 2 is 2.11 bits per heavy atom. The smallest absolute Gasteiger partial charge is 0.270 e. The number of sulfonamides is 1. The fourth-order valence-electron chi connectivity index (χ4n) is 1.76. The molecule has 0 spiro atoms. The number of nitrogens with one attached hydrogen (secondary N) is 2. The Hall–Kier alpha value is -1.00. The van der Waals surface area contributed by atoms with Crippen LogP contribution in [0.1, 0.15) is 5.56 Å². The molecule has 18 heavy (non-hydrogen) atoms. The lowest BCUT2D eigenvalue weighted by atomic mass is 10.4. The Labute approximate surface area is 106 Å². The summed E-state index contributed by atoms with van der Waals surface area (Å²) in [6.45, 7) is 2.49. The van der Waals surface area contributed by atoms with Gasteiger partial charge in [0.05, 0.1) is 12.8 Å². The number of hydrazine groups is 1. The van der Waals surface area contributed by atoms with Crippen molar-refractivity contribution in [1.82, 2.24) is 24.9 Å². The minimum absolute atomic E-state index is 0.0797. The molecule has 1 aromatic rings.